The van der Waals surface area contributed by atoms with E-state index in [-0.39, 0.29) is 0 Å². The first kappa shape index (κ1) is 17.0. The number of ether oxygens (including phenoxy) is 2. The monoisotopic (exact) mass is 354 g/mol. The van der Waals surface area contributed by atoms with E-state index in [2.05, 4.69) is 10.6 Å². The lowest BCUT2D eigenvalue weighted by Gasteiger charge is -2.12. The molecule has 0 radical (unpaired) electrons. The fraction of sp³-hybridized carbons (Fsp3) is 0.100. The Bertz CT molecular complexity index is 766. The Morgan fingerprint density at radius 2 is 1.00 bits per heavy atom. The molecule has 0 amide bonds. The molecule has 2 N–H and O–H groups in total. The Labute approximate surface area is 152 Å². The van der Waals surface area contributed by atoms with E-state index < -0.39 is 0 Å². The summed E-state index contributed by atoms with van der Waals surface area (Å²) in [5.74, 6) is 1.64. The number of halogens is 1. The molecule has 0 heterocycles. The third-order valence-corrected chi connectivity index (χ3v) is 3.87. The lowest BCUT2D eigenvalue weighted by atomic mass is 10.2. The number of anilines is 4. The average molecular weight is 355 g/mol. The van der Waals surface area contributed by atoms with Gasteiger partial charge in [-0.15, -0.1) is 0 Å². The molecule has 3 aromatic rings. The largest absolute Gasteiger partial charge is 0.497 e. The zero-order chi connectivity index (χ0) is 17.6. The Kier molecular flexibility index (Phi) is 5.31. The Balaban J connectivity index is 1.76. The second-order valence-corrected chi connectivity index (χ2v) is 5.87. The first-order chi connectivity index (χ1) is 12.2. The lowest BCUT2D eigenvalue weighted by Crippen LogP contribution is -1.94. The molecule has 3 rings (SSSR count). The van der Waals surface area contributed by atoms with E-state index in [1.807, 2.05) is 66.7 Å². The van der Waals surface area contributed by atoms with Crippen LogP contribution in [-0.2, 0) is 0 Å². The Hall–Kier alpha value is -2.85. The number of rotatable bonds is 6. The fourth-order valence-electron chi connectivity index (χ4n) is 2.42. The van der Waals surface area contributed by atoms with Crippen LogP contribution < -0.4 is 20.1 Å². The molecule has 0 aromatic heterocycles. The van der Waals surface area contributed by atoms with Crippen LogP contribution in [0.25, 0.3) is 0 Å². The van der Waals surface area contributed by atoms with Crippen LogP contribution in [0.3, 0.4) is 0 Å². The highest BCUT2D eigenvalue weighted by Crippen LogP contribution is 2.28. The van der Waals surface area contributed by atoms with Crippen molar-refractivity contribution in [1.29, 1.82) is 0 Å². The van der Waals surface area contributed by atoms with Crippen molar-refractivity contribution >= 4 is 34.4 Å². The molecule has 3 aromatic carbocycles. The average Bonchev–Trinajstić information content (AvgIpc) is 2.62. The molecule has 4 nitrogen and oxygen atoms in total. The maximum Gasteiger partial charge on any atom is 0.119 e. The first-order valence-corrected chi connectivity index (χ1v) is 8.17. The number of nitrogens with one attached hydrogen (secondary N) is 2. The van der Waals surface area contributed by atoms with E-state index in [1.54, 1.807) is 14.2 Å². The first-order valence-electron chi connectivity index (χ1n) is 7.79. The summed E-state index contributed by atoms with van der Waals surface area (Å²) in [4.78, 5) is 0. The second kappa shape index (κ2) is 7.81. The van der Waals surface area contributed by atoms with Crippen LogP contribution in [-0.4, -0.2) is 14.2 Å². The molecule has 0 saturated heterocycles. The lowest BCUT2D eigenvalue weighted by molar-refractivity contribution is 0.415. The van der Waals surface area contributed by atoms with Gasteiger partial charge in [0.05, 0.1) is 14.2 Å². The van der Waals surface area contributed by atoms with Crippen molar-refractivity contribution < 1.29 is 9.47 Å². The van der Waals surface area contributed by atoms with Crippen molar-refractivity contribution in [2.24, 2.45) is 0 Å². The van der Waals surface area contributed by atoms with Crippen LogP contribution >= 0.6 is 11.6 Å². The molecule has 0 spiro atoms. The van der Waals surface area contributed by atoms with Crippen molar-refractivity contribution in [3.8, 4) is 11.5 Å². The standard InChI is InChI=1S/C20H19ClN2O2/c1-24-19-7-3-15(4-8-19)22-17-11-14(21)12-18(13-17)23-16-5-9-20(25-2)10-6-16/h3-13,22-23H,1-2H3. The van der Waals surface area contributed by atoms with Crippen LogP contribution in [0.1, 0.15) is 0 Å². The van der Waals surface area contributed by atoms with Crippen LogP contribution in [0.2, 0.25) is 5.02 Å². The van der Waals surface area contributed by atoms with E-state index in [0.29, 0.717) is 5.02 Å². The van der Waals surface area contributed by atoms with Gasteiger partial charge in [0.25, 0.3) is 0 Å². The maximum atomic E-state index is 6.26. The van der Waals surface area contributed by atoms with Gasteiger partial charge >= 0.3 is 0 Å². The minimum atomic E-state index is 0.648. The molecule has 0 aliphatic carbocycles. The minimum Gasteiger partial charge on any atom is -0.497 e. The smallest absolute Gasteiger partial charge is 0.119 e. The normalized spacial score (nSPS) is 10.2. The second-order valence-electron chi connectivity index (χ2n) is 5.44. The van der Waals surface area contributed by atoms with Gasteiger partial charge in [0.1, 0.15) is 11.5 Å². The molecule has 0 atom stereocenters. The van der Waals surface area contributed by atoms with Gasteiger partial charge in [-0.05, 0) is 66.7 Å². The van der Waals surface area contributed by atoms with E-state index in [0.717, 1.165) is 34.2 Å². The van der Waals surface area contributed by atoms with Crippen molar-refractivity contribution in [1.82, 2.24) is 0 Å². The summed E-state index contributed by atoms with van der Waals surface area (Å²) in [6.45, 7) is 0. The van der Waals surface area contributed by atoms with E-state index >= 15 is 0 Å². The van der Waals surface area contributed by atoms with Crippen LogP contribution in [0, 0.1) is 0 Å². The Morgan fingerprint density at radius 3 is 1.36 bits per heavy atom. The zero-order valence-corrected chi connectivity index (χ0v) is 14.8. The summed E-state index contributed by atoms with van der Waals surface area (Å²) >= 11 is 6.26. The third kappa shape index (κ3) is 4.58. The van der Waals surface area contributed by atoms with Gasteiger partial charge in [0, 0.05) is 27.8 Å². The van der Waals surface area contributed by atoms with Gasteiger partial charge in [-0.3, -0.25) is 0 Å². The molecule has 0 bridgehead atoms. The highest BCUT2D eigenvalue weighted by atomic mass is 35.5. The number of methoxy groups -OCH3 is 2. The van der Waals surface area contributed by atoms with Gasteiger partial charge in [-0.2, -0.15) is 0 Å². The van der Waals surface area contributed by atoms with E-state index in [4.69, 9.17) is 21.1 Å². The van der Waals surface area contributed by atoms with Crippen molar-refractivity contribution in [3.63, 3.8) is 0 Å². The highest BCUT2D eigenvalue weighted by Gasteiger charge is 2.03. The topological polar surface area (TPSA) is 42.5 Å². The molecule has 0 aliphatic rings. The molecule has 0 aliphatic heterocycles. The van der Waals surface area contributed by atoms with Gasteiger partial charge < -0.3 is 20.1 Å². The number of benzene rings is 3. The molecular weight excluding hydrogens is 336 g/mol. The van der Waals surface area contributed by atoms with Gasteiger partial charge in [-0.25, -0.2) is 0 Å². The predicted octanol–water partition coefficient (Wildman–Crippen LogP) is 5.84. The van der Waals surface area contributed by atoms with Crippen molar-refractivity contribution in [3.05, 3.63) is 71.8 Å². The summed E-state index contributed by atoms with van der Waals surface area (Å²) in [5, 5.41) is 7.33. The summed E-state index contributed by atoms with van der Waals surface area (Å²) in [6, 6.07) is 21.2. The van der Waals surface area contributed by atoms with Gasteiger partial charge in [-0.1, -0.05) is 11.6 Å². The highest BCUT2D eigenvalue weighted by molar-refractivity contribution is 6.31. The maximum absolute atomic E-state index is 6.26. The zero-order valence-electron chi connectivity index (χ0n) is 14.0. The van der Waals surface area contributed by atoms with E-state index in [1.165, 1.54) is 0 Å². The van der Waals surface area contributed by atoms with Gasteiger partial charge in [0.2, 0.25) is 0 Å². The third-order valence-electron chi connectivity index (χ3n) is 3.66. The SMILES string of the molecule is COc1ccc(Nc2cc(Cl)cc(Nc3ccc(OC)cc3)c2)cc1. The summed E-state index contributed by atoms with van der Waals surface area (Å²) < 4.78 is 10.3. The minimum absolute atomic E-state index is 0.648. The number of hydrogen-bond donors (Lipinski definition) is 2. The fourth-order valence-corrected chi connectivity index (χ4v) is 2.65. The molecule has 0 unspecified atom stereocenters. The van der Waals surface area contributed by atoms with Gasteiger partial charge in [0.15, 0.2) is 0 Å². The van der Waals surface area contributed by atoms with Crippen LogP contribution in [0.4, 0.5) is 22.7 Å². The summed E-state index contributed by atoms with van der Waals surface area (Å²) in [6.07, 6.45) is 0. The van der Waals surface area contributed by atoms with Crippen LogP contribution in [0.15, 0.2) is 66.7 Å². The number of hydrogen-bond acceptors (Lipinski definition) is 4. The van der Waals surface area contributed by atoms with E-state index in [9.17, 15) is 0 Å². The Morgan fingerprint density at radius 1 is 0.600 bits per heavy atom. The van der Waals surface area contributed by atoms with Crippen LogP contribution in [0.5, 0.6) is 11.5 Å². The molecule has 5 heteroatoms. The summed E-state index contributed by atoms with van der Waals surface area (Å²) in [5.41, 5.74) is 3.71. The molecule has 25 heavy (non-hydrogen) atoms. The molecule has 128 valence electrons. The summed E-state index contributed by atoms with van der Waals surface area (Å²) in [7, 11) is 3.30. The van der Waals surface area contributed by atoms with Crippen molar-refractivity contribution in [2.75, 3.05) is 24.9 Å². The van der Waals surface area contributed by atoms with Crippen molar-refractivity contribution in [2.45, 2.75) is 0 Å². The molecular formula is C20H19ClN2O2. The predicted molar refractivity (Wildman–Crippen MR) is 104 cm³/mol. The molecule has 0 saturated carbocycles. The quantitative estimate of drug-likeness (QED) is 0.583. The molecule has 0 fully saturated rings.